The third kappa shape index (κ3) is 2.97. The van der Waals surface area contributed by atoms with E-state index >= 15 is 0 Å². The van der Waals surface area contributed by atoms with Gasteiger partial charge >= 0.3 is 0 Å². The van der Waals surface area contributed by atoms with Gasteiger partial charge in [-0.05, 0) is 42.8 Å². The lowest BCUT2D eigenvalue weighted by Crippen LogP contribution is -2.22. The first-order valence-corrected chi connectivity index (χ1v) is 7.96. The molecule has 1 atom stereocenters. The van der Waals surface area contributed by atoms with Crippen molar-refractivity contribution >= 4 is 21.6 Å². The summed E-state index contributed by atoms with van der Waals surface area (Å²) in [5.74, 6) is 0.291. The molecule has 0 aromatic heterocycles. The number of benzene rings is 2. The Morgan fingerprint density at radius 3 is 2.86 bits per heavy atom. The van der Waals surface area contributed by atoms with Crippen molar-refractivity contribution in [2.75, 3.05) is 18.0 Å². The molecule has 2 aromatic carbocycles. The summed E-state index contributed by atoms with van der Waals surface area (Å²) in [5, 5.41) is 0. The lowest BCUT2D eigenvalue weighted by molar-refractivity contribution is 0.596. The first kappa shape index (κ1) is 14.5. The smallest absolute Gasteiger partial charge is 0.128 e. The van der Waals surface area contributed by atoms with Gasteiger partial charge in [-0.1, -0.05) is 34.1 Å². The SMILES string of the molecule is NCCC1CN(Cc2cc(Br)ccc2F)c2ccccc21. The zero-order valence-electron chi connectivity index (χ0n) is 11.7. The predicted molar refractivity (Wildman–Crippen MR) is 88.0 cm³/mol. The second-order valence-electron chi connectivity index (χ2n) is 5.45. The molecule has 2 nitrogen and oxygen atoms in total. The molecular formula is C17H18BrFN2. The van der Waals surface area contributed by atoms with Crippen LogP contribution in [0.15, 0.2) is 46.9 Å². The van der Waals surface area contributed by atoms with Gasteiger partial charge in [0.25, 0.3) is 0 Å². The van der Waals surface area contributed by atoms with Crippen LogP contribution < -0.4 is 10.6 Å². The molecule has 4 heteroatoms. The minimum absolute atomic E-state index is 0.155. The second-order valence-corrected chi connectivity index (χ2v) is 6.37. The van der Waals surface area contributed by atoms with E-state index in [2.05, 4.69) is 39.0 Å². The molecule has 0 amide bonds. The molecule has 21 heavy (non-hydrogen) atoms. The molecule has 0 aliphatic carbocycles. The van der Waals surface area contributed by atoms with Crippen LogP contribution in [0.5, 0.6) is 0 Å². The first-order valence-electron chi connectivity index (χ1n) is 7.17. The van der Waals surface area contributed by atoms with Crippen LogP contribution in [0.25, 0.3) is 0 Å². The Hall–Kier alpha value is -1.39. The fourth-order valence-electron chi connectivity index (χ4n) is 3.05. The van der Waals surface area contributed by atoms with Crippen molar-refractivity contribution in [3.63, 3.8) is 0 Å². The number of nitrogens with zero attached hydrogens (tertiary/aromatic N) is 1. The van der Waals surface area contributed by atoms with Crippen LogP contribution in [-0.2, 0) is 6.54 Å². The minimum atomic E-state index is -0.155. The van der Waals surface area contributed by atoms with Crippen molar-refractivity contribution in [2.24, 2.45) is 5.73 Å². The highest BCUT2D eigenvalue weighted by Crippen LogP contribution is 2.38. The van der Waals surface area contributed by atoms with Gasteiger partial charge in [0.05, 0.1) is 0 Å². The average molecular weight is 349 g/mol. The van der Waals surface area contributed by atoms with Crippen LogP contribution in [-0.4, -0.2) is 13.1 Å². The molecule has 1 aliphatic heterocycles. The summed E-state index contributed by atoms with van der Waals surface area (Å²) in [6, 6.07) is 13.5. The monoisotopic (exact) mass is 348 g/mol. The summed E-state index contributed by atoms with van der Waals surface area (Å²) in [4.78, 5) is 2.25. The molecule has 0 saturated carbocycles. The number of para-hydroxylation sites is 1. The normalized spacial score (nSPS) is 17.1. The maximum absolute atomic E-state index is 14.0. The van der Waals surface area contributed by atoms with Crippen molar-refractivity contribution in [1.29, 1.82) is 0 Å². The Bertz CT molecular complexity index is 644. The van der Waals surface area contributed by atoms with Crippen molar-refractivity contribution in [1.82, 2.24) is 0 Å². The number of fused-ring (bicyclic) bond motifs is 1. The lowest BCUT2D eigenvalue weighted by atomic mass is 9.98. The van der Waals surface area contributed by atoms with Crippen molar-refractivity contribution in [3.8, 4) is 0 Å². The van der Waals surface area contributed by atoms with E-state index in [9.17, 15) is 4.39 Å². The number of halogens is 2. The molecule has 0 saturated heterocycles. The van der Waals surface area contributed by atoms with Crippen LogP contribution >= 0.6 is 15.9 Å². The van der Waals surface area contributed by atoms with Gasteiger partial charge in [0.1, 0.15) is 5.82 Å². The van der Waals surface area contributed by atoms with E-state index < -0.39 is 0 Å². The van der Waals surface area contributed by atoms with Gasteiger partial charge in [0.2, 0.25) is 0 Å². The standard InChI is InChI=1S/C17H18BrFN2/c18-14-5-6-16(19)13(9-14)11-21-10-12(7-8-20)15-3-1-2-4-17(15)21/h1-6,9,12H,7-8,10-11,20H2. The Labute approximate surface area is 132 Å². The first-order chi connectivity index (χ1) is 10.2. The van der Waals surface area contributed by atoms with Gasteiger partial charge < -0.3 is 10.6 Å². The zero-order valence-corrected chi connectivity index (χ0v) is 13.3. The van der Waals surface area contributed by atoms with Crippen LogP contribution in [0, 0.1) is 5.82 Å². The molecule has 110 valence electrons. The van der Waals surface area contributed by atoms with Gasteiger partial charge in [0.15, 0.2) is 0 Å². The lowest BCUT2D eigenvalue weighted by Gasteiger charge is -2.20. The fourth-order valence-corrected chi connectivity index (χ4v) is 3.46. The predicted octanol–water partition coefficient (Wildman–Crippen LogP) is 4.04. The van der Waals surface area contributed by atoms with E-state index in [1.807, 2.05) is 12.1 Å². The fraction of sp³-hybridized carbons (Fsp3) is 0.294. The summed E-state index contributed by atoms with van der Waals surface area (Å²) in [5.41, 5.74) is 8.97. The maximum Gasteiger partial charge on any atom is 0.128 e. The van der Waals surface area contributed by atoms with Gasteiger partial charge in [0, 0.05) is 34.7 Å². The minimum Gasteiger partial charge on any atom is -0.366 e. The van der Waals surface area contributed by atoms with Crippen LogP contribution in [0.2, 0.25) is 0 Å². The topological polar surface area (TPSA) is 29.3 Å². The van der Waals surface area contributed by atoms with Crippen molar-refractivity contribution in [2.45, 2.75) is 18.9 Å². The number of hydrogen-bond acceptors (Lipinski definition) is 2. The highest BCUT2D eigenvalue weighted by Gasteiger charge is 2.27. The third-order valence-electron chi connectivity index (χ3n) is 4.04. The van der Waals surface area contributed by atoms with E-state index in [-0.39, 0.29) is 5.82 Å². The van der Waals surface area contributed by atoms with Crippen LogP contribution in [0.4, 0.5) is 10.1 Å². The second kappa shape index (κ2) is 6.16. The van der Waals surface area contributed by atoms with Gasteiger partial charge in [-0.15, -0.1) is 0 Å². The molecule has 1 heterocycles. The van der Waals surface area contributed by atoms with E-state index in [0.717, 1.165) is 17.4 Å². The number of rotatable bonds is 4. The molecule has 1 unspecified atom stereocenters. The third-order valence-corrected chi connectivity index (χ3v) is 4.54. The summed E-state index contributed by atoms with van der Waals surface area (Å²) in [6.07, 6.45) is 0.967. The molecule has 0 bridgehead atoms. The van der Waals surface area contributed by atoms with Crippen molar-refractivity contribution < 1.29 is 4.39 Å². The largest absolute Gasteiger partial charge is 0.366 e. The molecule has 0 fully saturated rings. The van der Waals surface area contributed by atoms with Gasteiger partial charge in [-0.2, -0.15) is 0 Å². The van der Waals surface area contributed by atoms with E-state index in [1.165, 1.54) is 17.3 Å². The molecular weight excluding hydrogens is 331 g/mol. The quantitative estimate of drug-likeness (QED) is 0.903. The Morgan fingerprint density at radius 2 is 2.05 bits per heavy atom. The molecule has 0 spiro atoms. The Balaban J connectivity index is 1.88. The Morgan fingerprint density at radius 1 is 1.24 bits per heavy atom. The summed E-state index contributed by atoms with van der Waals surface area (Å²) in [6.45, 7) is 2.17. The van der Waals surface area contributed by atoms with Crippen molar-refractivity contribution in [3.05, 3.63) is 63.9 Å². The molecule has 0 radical (unpaired) electrons. The molecule has 2 aromatic rings. The van der Waals surface area contributed by atoms with E-state index in [0.29, 0.717) is 24.6 Å². The molecule has 1 aliphatic rings. The van der Waals surface area contributed by atoms with Crippen LogP contribution in [0.1, 0.15) is 23.5 Å². The summed E-state index contributed by atoms with van der Waals surface area (Å²) >= 11 is 3.41. The average Bonchev–Trinajstić information content (AvgIpc) is 2.82. The van der Waals surface area contributed by atoms with Gasteiger partial charge in [-0.3, -0.25) is 0 Å². The number of hydrogen-bond donors (Lipinski definition) is 1. The Kier molecular flexibility index (Phi) is 4.27. The van der Waals surface area contributed by atoms with Crippen LogP contribution in [0.3, 0.4) is 0 Å². The zero-order chi connectivity index (χ0) is 14.8. The number of nitrogens with two attached hydrogens (primary N) is 1. The highest BCUT2D eigenvalue weighted by molar-refractivity contribution is 9.10. The summed E-state index contributed by atoms with van der Waals surface area (Å²) in [7, 11) is 0. The molecule has 3 rings (SSSR count). The maximum atomic E-state index is 14.0. The highest BCUT2D eigenvalue weighted by atomic mass is 79.9. The number of anilines is 1. The van der Waals surface area contributed by atoms with Gasteiger partial charge in [-0.25, -0.2) is 4.39 Å². The molecule has 2 N–H and O–H groups in total. The van der Waals surface area contributed by atoms with E-state index in [4.69, 9.17) is 5.73 Å². The summed E-state index contributed by atoms with van der Waals surface area (Å²) < 4.78 is 14.9. The van der Waals surface area contributed by atoms with E-state index in [1.54, 1.807) is 6.07 Å².